The zero-order valence-electron chi connectivity index (χ0n) is 17.8. The van der Waals surface area contributed by atoms with E-state index in [2.05, 4.69) is 5.32 Å². The second kappa shape index (κ2) is 9.03. The lowest BCUT2D eigenvalue weighted by Crippen LogP contribution is -2.22. The fraction of sp³-hybridized carbons (Fsp3) is 0.0370. The maximum atomic E-state index is 13.5. The van der Waals surface area contributed by atoms with Gasteiger partial charge in [-0.15, -0.1) is 0 Å². The van der Waals surface area contributed by atoms with Gasteiger partial charge in [0.05, 0.1) is 11.4 Å². The van der Waals surface area contributed by atoms with Crippen LogP contribution in [-0.2, 0) is 6.54 Å². The molecule has 0 unspecified atom stereocenters. The second-order valence-corrected chi connectivity index (χ2v) is 8.83. The molecule has 168 valence electrons. The predicted molar refractivity (Wildman–Crippen MR) is 130 cm³/mol. The minimum absolute atomic E-state index is 0.0494. The molecule has 1 aliphatic rings. The maximum Gasteiger partial charge on any atom is 0.251 e. The Bertz CT molecular complexity index is 1430. The van der Waals surface area contributed by atoms with Gasteiger partial charge in [-0.1, -0.05) is 30.0 Å². The summed E-state index contributed by atoms with van der Waals surface area (Å²) < 4.78 is 13.5. The quantitative estimate of drug-likeness (QED) is 0.310. The Morgan fingerprint density at radius 2 is 1.71 bits per heavy atom. The number of nitrogens with zero attached hydrogens (tertiary/aromatic N) is 1. The number of benzene rings is 4. The molecule has 0 radical (unpaired) electrons. The van der Waals surface area contributed by atoms with Crippen molar-refractivity contribution >= 4 is 29.1 Å². The number of nitrogens with one attached hydrogen (secondary N) is 1. The van der Waals surface area contributed by atoms with Crippen LogP contribution in [0.3, 0.4) is 0 Å². The third-order valence-electron chi connectivity index (χ3n) is 5.44. The van der Waals surface area contributed by atoms with Gasteiger partial charge in [-0.05, 0) is 60.7 Å². The van der Waals surface area contributed by atoms with E-state index < -0.39 is 0 Å². The highest BCUT2D eigenvalue weighted by atomic mass is 32.2. The lowest BCUT2D eigenvalue weighted by atomic mass is 10.0. The summed E-state index contributed by atoms with van der Waals surface area (Å²) in [6.07, 6.45) is 0. The molecular weight excluding hydrogens is 451 g/mol. The molecule has 0 saturated carbocycles. The average molecular weight is 471 g/mol. The van der Waals surface area contributed by atoms with Crippen LogP contribution in [-0.4, -0.2) is 21.8 Å². The monoisotopic (exact) mass is 470 g/mol. The summed E-state index contributed by atoms with van der Waals surface area (Å²) in [4.78, 5) is 19.6. The van der Waals surface area contributed by atoms with Crippen LogP contribution in [0.25, 0.3) is 0 Å². The number of aromatic hydroxyl groups is 2. The molecule has 0 fully saturated rings. The molecule has 0 saturated heterocycles. The molecule has 5 rings (SSSR count). The van der Waals surface area contributed by atoms with Crippen molar-refractivity contribution in [2.75, 3.05) is 0 Å². The molecular formula is C27H19FN2O3S. The van der Waals surface area contributed by atoms with Crippen LogP contribution >= 0.6 is 11.8 Å². The topological polar surface area (TPSA) is 81.9 Å². The van der Waals surface area contributed by atoms with E-state index in [0.29, 0.717) is 22.5 Å². The molecule has 4 aromatic rings. The van der Waals surface area contributed by atoms with Crippen LogP contribution in [0.1, 0.15) is 27.0 Å². The molecule has 0 aromatic heterocycles. The van der Waals surface area contributed by atoms with E-state index in [0.717, 1.165) is 20.9 Å². The van der Waals surface area contributed by atoms with Crippen LogP contribution in [0.15, 0.2) is 99.7 Å². The van der Waals surface area contributed by atoms with Gasteiger partial charge in [-0.2, -0.15) is 0 Å². The minimum atomic E-state index is -0.320. The van der Waals surface area contributed by atoms with Crippen molar-refractivity contribution in [2.45, 2.75) is 16.3 Å². The van der Waals surface area contributed by atoms with E-state index in [1.807, 2.05) is 30.3 Å². The lowest BCUT2D eigenvalue weighted by Gasteiger charge is -2.09. The summed E-state index contributed by atoms with van der Waals surface area (Å²) in [6.45, 7) is 0.103. The zero-order valence-corrected chi connectivity index (χ0v) is 18.6. The van der Waals surface area contributed by atoms with Crippen molar-refractivity contribution in [3.8, 4) is 11.5 Å². The van der Waals surface area contributed by atoms with Crippen LogP contribution in [0.2, 0.25) is 0 Å². The van der Waals surface area contributed by atoms with Crippen LogP contribution in [0.4, 0.5) is 10.1 Å². The minimum Gasteiger partial charge on any atom is -0.508 e. The van der Waals surface area contributed by atoms with Gasteiger partial charge >= 0.3 is 0 Å². The highest BCUT2D eigenvalue weighted by molar-refractivity contribution is 7.99. The van der Waals surface area contributed by atoms with Gasteiger partial charge in [0, 0.05) is 44.7 Å². The van der Waals surface area contributed by atoms with Crippen molar-refractivity contribution < 1.29 is 19.4 Å². The molecule has 0 atom stereocenters. The predicted octanol–water partition coefficient (Wildman–Crippen LogP) is 5.80. The molecule has 4 aromatic carbocycles. The first-order valence-corrected chi connectivity index (χ1v) is 11.3. The summed E-state index contributed by atoms with van der Waals surface area (Å²) in [5.41, 5.74) is 3.97. The smallest absolute Gasteiger partial charge is 0.251 e. The standard InChI is InChI=1S/C27H19FN2O3S/c28-19-9-5-16(6-10-19)26-21-3-1-2-4-24(21)34-25-12-8-17(13-22(25)30-26)27(33)29-15-18-7-11-20(31)14-23(18)32/h1-14,31-32H,15H2,(H,29,33). The lowest BCUT2D eigenvalue weighted by molar-refractivity contribution is 0.0950. The number of fused-ring (bicyclic) bond motifs is 2. The highest BCUT2D eigenvalue weighted by Crippen LogP contribution is 2.41. The van der Waals surface area contributed by atoms with E-state index in [-0.39, 0.29) is 29.8 Å². The Hall–Kier alpha value is -4.10. The Kier molecular flexibility index (Phi) is 5.77. The molecule has 1 heterocycles. The van der Waals surface area contributed by atoms with E-state index in [4.69, 9.17) is 4.99 Å². The average Bonchev–Trinajstić information content (AvgIpc) is 3.00. The third-order valence-corrected chi connectivity index (χ3v) is 6.58. The zero-order chi connectivity index (χ0) is 23.7. The van der Waals surface area contributed by atoms with E-state index in [9.17, 15) is 19.4 Å². The van der Waals surface area contributed by atoms with E-state index in [1.165, 1.54) is 24.3 Å². The largest absolute Gasteiger partial charge is 0.508 e. The van der Waals surface area contributed by atoms with Gasteiger partial charge in [0.2, 0.25) is 0 Å². The number of carbonyl (C=O) groups excluding carboxylic acids is 1. The Balaban J connectivity index is 1.48. The number of hydrogen-bond donors (Lipinski definition) is 3. The summed E-state index contributed by atoms with van der Waals surface area (Å²) in [5, 5.41) is 22.2. The number of rotatable bonds is 4. The van der Waals surface area contributed by atoms with Crippen molar-refractivity contribution in [3.05, 3.63) is 113 Å². The number of phenols is 2. The maximum absolute atomic E-state index is 13.5. The fourth-order valence-corrected chi connectivity index (χ4v) is 4.69. The van der Waals surface area contributed by atoms with Crippen molar-refractivity contribution in [3.63, 3.8) is 0 Å². The summed E-state index contributed by atoms with van der Waals surface area (Å²) >= 11 is 1.56. The van der Waals surface area contributed by atoms with E-state index >= 15 is 0 Å². The number of aliphatic imine (C=N–C) groups is 1. The molecule has 34 heavy (non-hydrogen) atoms. The van der Waals surface area contributed by atoms with Gasteiger partial charge in [0.15, 0.2) is 0 Å². The summed E-state index contributed by atoms with van der Waals surface area (Å²) in [5.74, 6) is -0.781. The van der Waals surface area contributed by atoms with Crippen LogP contribution < -0.4 is 5.32 Å². The van der Waals surface area contributed by atoms with E-state index in [1.54, 1.807) is 42.1 Å². The highest BCUT2D eigenvalue weighted by Gasteiger charge is 2.20. The molecule has 1 amide bonds. The van der Waals surface area contributed by atoms with Gasteiger partial charge in [0.25, 0.3) is 5.91 Å². The normalized spacial score (nSPS) is 12.2. The Morgan fingerprint density at radius 3 is 2.50 bits per heavy atom. The van der Waals surface area contributed by atoms with Gasteiger partial charge < -0.3 is 15.5 Å². The molecule has 3 N–H and O–H groups in total. The SMILES string of the molecule is O=C(NCc1ccc(O)cc1O)c1ccc2c(c1)N=C(c1ccc(F)cc1)c1ccccc1S2. The molecule has 7 heteroatoms. The van der Waals surface area contributed by atoms with Crippen molar-refractivity contribution in [1.29, 1.82) is 0 Å². The van der Waals surface area contributed by atoms with Crippen LogP contribution in [0.5, 0.6) is 11.5 Å². The second-order valence-electron chi connectivity index (χ2n) is 7.74. The summed E-state index contributed by atoms with van der Waals surface area (Å²) in [6, 6.07) is 23.6. The van der Waals surface area contributed by atoms with Gasteiger partial charge in [-0.3, -0.25) is 4.79 Å². The number of halogens is 1. The first-order chi connectivity index (χ1) is 16.5. The number of carbonyl (C=O) groups is 1. The molecule has 0 bridgehead atoms. The molecule has 1 aliphatic heterocycles. The number of amides is 1. The number of phenolic OH excluding ortho intramolecular Hbond substituents is 2. The van der Waals surface area contributed by atoms with Crippen LogP contribution in [0, 0.1) is 5.82 Å². The molecule has 0 aliphatic carbocycles. The fourth-order valence-electron chi connectivity index (χ4n) is 3.69. The van der Waals surface area contributed by atoms with Crippen molar-refractivity contribution in [2.24, 2.45) is 4.99 Å². The Morgan fingerprint density at radius 1 is 0.912 bits per heavy atom. The van der Waals surface area contributed by atoms with Gasteiger partial charge in [0.1, 0.15) is 17.3 Å². The Labute approximate surface area is 199 Å². The summed E-state index contributed by atoms with van der Waals surface area (Å²) in [7, 11) is 0. The van der Waals surface area contributed by atoms with Crippen molar-refractivity contribution in [1.82, 2.24) is 5.32 Å². The third kappa shape index (κ3) is 4.38. The number of hydrogen-bond acceptors (Lipinski definition) is 5. The first kappa shape index (κ1) is 21.7. The first-order valence-electron chi connectivity index (χ1n) is 10.5. The molecule has 0 spiro atoms. The molecule has 5 nitrogen and oxygen atoms in total. The van der Waals surface area contributed by atoms with Gasteiger partial charge in [-0.25, -0.2) is 9.38 Å².